The topological polar surface area (TPSA) is 75.7 Å². The number of carbonyl (C=O) groups is 1. The van der Waals surface area contributed by atoms with Gasteiger partial charge in [-0.1, -0.05) is 30.3 Å². The van der Waals surface area contributed by atoms with Gasteiger partial charge in [-0.05, 0) is 30.7 Å². The van der Waals surface area contributed by atoms with Crippen molar-refractivity contribution in [3.05, 3.63) is 54.1 Å². The fourth-order valence-corrected chi connectivity index (χ4v) is 3.46. The number of para-hydroxylation sites is 3. The summed E-state index contributed by atoms with van der Waals surface area (Å²) in [5.41, 5.74) is 1.96. The molecule has 1 amide bonds. The van der Waals surface area contributed by atoms with Gasteiger partial charge in [-0.15, -0.1) is 0 Å². The van der Waals surface area contributed by atoms with E-state index >= 15 is 0 Å². The van der Waals surface area contributed by atoms with Gasteiger partial charge in [0.15, 0.2) is 0 Å². The molecule has 0 saturated heterocycles. The van der Waals surface area contributed by atoms with Crippen molar-refractivity contribution in [1.29, 1.82) is 0 Å². The van der Waals surface area contributed by atoms with E-state index in [2.05, 4.69) is 5.32 Å². The molecule has 0 fully saturated rings. The lowest BCUT2D eigenvalue weighted by atomic mass is 10.2. The molecule has 0 bridgehead atoms. The van der Waals surface area contributed by atoms with Crippen molar-refractivity contribution in [2.75, 3.05) is 29.5 Å². The Morgan fingerprint density at radius 2 is 1.76 bits per heavy atom. The van der Waals surface area contributed by atoms with Crippen LogP contribution in [-0.2, 0) is 14.8 Å². The molecule has 0 unspecified atom stereocenters. The first-order valence-corrected chi connectivity index (χ1v) is 9.64. The third-order valence-electron chi connectivity index (χ3n) is 3.71. The Morgan fingerprint density at radius 3 is 2.40 bits per heavy atom. The molecular formula is C18H22N2O4S. The number of carbonyl (C=O) groups excluding carboxylic acids is 1. The summed E-state index contributed by atoms with van der Waals surface area (Å²) < 4.78 is 30.7. The smallest absolute Gasteiger partial charge is 0.232 e. The monoisotopic (exact) mass is 362 g/mol. The summed E-state index contributed by atoms with van der Waals surface area (Å²) in [5.74, 6) is 0.265. The van der Waals surface area contributed by atoms with E-state index in [1.807, 2.05) is 19.1 Å². The summed E-state index contributed by atoms with van der Waals surface area (Å²) in [6.45, 7) is 1.90. The number of hydrogen-bond acceptors (Lipinski definition) is 4. The first-order valence-electron chi connectivity index (χ1n) is 7.79. The van der Waals surface area contributed by atoms with Crippen LogP contribution in [0.4, 0.5) is 11.4 Å². The van der Waals surface area contributed by atoms with Crippen molar-refractivity contribution < 1.29 is 17.9 Å². The zero-order valence-electron chi connectivity index (χ0n) is 14.5. The van der Waals surface area contributed by atoms with Crippen molar-refractivity contribution >= 4 is 27.3 Å². The molecule has 1 N–H and O–H groups in total. The minimum atomic E-state index is -3.49. The van der Waals surface area contributed by atoms with Crippen molar-refractivity contribution in [2.24, 2.45) is 0 Å². The number of ether oxygens (including phenoxy) is 1. The summed E-state index contributed by atoms with van der Waals surface area (Å²) in [6, 6.07) is 14.2. The summed E-state index contributed by atoms with van der Waals surface area (Å²) in [7, 11) is -1.97. The van der Waals surface area contributed by atoms with Gasteiger partial charge >= 0.3 is 0 Å². The maximum atomic E-state index is 12.2. The lowest BCUT2D eigenvalue weighted by molar-refractivity contribution is -0.116. The Hall–Kier alpha value is -2.54. The average Bonchev–Trinajstić information content (AvgIpc) is 2.56. The third kappa shape index (κ3) is 4.96. The standard InChI is InChI=1S/C18H22N2O4S/c1-14-8-4-6-10-16(14)20(25(3,22)23)13-12-18(21)19-15-9-5-7-11-17(15)24-2/h4-11H,12-13H2,1-3H3,(H,19,21). The minimum absolute atomic E-state index is 0.0272. The third-order valence-corrected chi connectivity index (χ3v) is 4.89. The predicted molar refractivity (Wildman–Crippen MR) is 99.6 cm³/mol. The molecular weight excluding hydrogens is 340 g/mol. The van der Waals surface area contributed by atoms with Crippen LogP contribution in [0.5, 0.6) is 5.75 Å². The zero-order valence-corrected chi connectivity index (χ0v) is 15.3. The van der Waals surface area contributed by atoms with Crippen LogP contribution < -0.4 is 14.4 Å². The number of hydrogen-bond donors (Lipinski definition) is 1. The second-order valence-corrected chi connectivity index (χ2v) is 7.53. The molecule has 0 aromatic heterocycles. The zero-order chi connectivity index (χ0) is 18.4. The number of aryl methyl sites for hydroxylation is 1. The number of nitrogens with one attached hydrogen (secondary N) is 1. The Morgan fingerprint density at radius 1 is 1.12 bits per heavy atom. The van der Waals surface area contributed by atoms with Crippen LogP contribution in [0.3, 0.4) is 0 Å². The lowest BCUT2D eigenvalue weighted by Crippen LogP contribution is -2.33. The first kappa shape index (κ1) is 18.8. The summed E-state index contributed by atoms with van der Waals surface area (Å²) in [6.07, 6.45) is 1.16. The van der Waals surface area contributed by atoms with Gasteiger partial charge in [0.1, 0.15) is 5.75 Å². The van der Waals surface area contributed by atoms with Crippen LogP contribution in [0.2, 0.25) is 0 Å². The Labute approximate surface area is 148 Å². The maximum Gasteiger partial charge on any atom is 0.232 e. The highest BCUT2D eigenvalue weighted by Gasteiger charge is 2.20. The summed E-state index contributed by atoms with van der Waals surface area (Å²) in [5, 5.41) is 2.75. The van der Waals surface area contributed by atoms with E-state index < -0.39 is 10.0 Å². The molecule has 0 radical (unpaired) electrons. The Balaban J connectivity index is 2.11. The second kappa shape index (κ2) is 8.02. The number of anilines is 2. The van der Waals surface area contributed by atoms with Crippen LogP contribution in [0.25, 0.3) is 0 Å². The molecule has 0 saturated carbocycles. The Bertz CT molecular complexity index is 850. The first-order chi connectivity index (χ1) is 11.8. The van der Waals surface area contributed by atoms with Gasteiger partial charge in [-0.2, -0.15) is 0 Å². The van der Waals surface area contributed by atoms with E-state index in [9.17, 15) is 13.2 Å². The largest absolute Gasteiger partial charge is 0.495 e. The quantitative estimate of drug-likeness (QED) is 0.822. The van der Waals surface area contributed by atoms with Crippen molar-refractivity contribution in [1.82, 2.24) is 0 Å². The van der Waals surface area contributed by atoms with E-state index in [-0.39, 0.29) is 18.9 Å². The number of nitrogens with zero attached hydrogens (tertiary/aromatic N) is 1. The van der Waals surface area contributed by atoms with E-state index in [0.29, 0.717) is 17.1 Å². The highest BCUT2D eigenvalue weighted by atomic mass is 32.2. The van der Waals surface area contributed by atoms with Gasteiger partial charge in [0, 0.05) is 13.0 Å². The van der Waals surface area contributed by atoms with Crippen molar-refractivity contribution in [3.8, 4) is 5.75 Å². The normalized spacial score (nSPS) is 11.0. The Kier molecular flexibility index (Phi) is 6.03. The van der Waals surface area contributed by atoms with Crippen LogP contribution >= 0.6 is 0 Å². The SMILES string of the molecule is COc1ccccc1NC(=O)CCN(c1ccccc1C)S(C)(=O)=O. The van der Waals surface area contributed by atoms with Gasteiger partial charge in [0.25, 0.3) is 0 Å². The van der Waals surface area contributed by atoms with Crippen molar-refractivity contribution in [3.63, 3.8) is 0 Å². The van der Waals surface area contributed by atoms with E-state index in [1.54, 1.807) is 36.4 Å². The number of amides is 1. The van der Waals surface area contributed by atoms with E-state index in [4.69, 9.17) is 4.74 Å². The van der Waals surface area contributed by atoms with Crippen LogP contribution in [0.1, 0.15) is 12.0 Å². The molecule has 7 heteroatoms. The fourth-order valence-electron chi connectivity index (χ4n) is 2.47. The fraction of sp³-hybridized carbons (Fsp3) is 0.278. The van der Waals surface area contributed by atoms with Gasteiger partial charge in [-0.25, -0.2) is 8.42 Å². The molecule has 25 heavy (non-hydrogen) atoms. The van der Waals surface area contributed by atoms with Gasteiger partial charge in [-0.3, -0.25) is 9.10 Å². The molecule has 0 aliphatic rings. The molecule has 0 heterocycles. The molecule has 6 nitrogen and oxygen atoms in total. The molecule has 2 rings (SSSR count). The number of sulfonamides is 1. The molecule has 0 spiro atoms. The van der Waals surface area contributed by atoms with Crippen molar-refractivity contribution in [2.45, 2.75) is 13.3 Å². The van der Waals surface area contributed by atoms with Gasteiger partial charge < -0.3 is 10.1 Å². The molecule has 0 aliphatic carbocycles. The average molecular weight is 362 g/mol. The molecule has 2 aromatic carbocycles. The van der Waals surface area contributed by atoms with E-state index in [1.165, 1.54) is 11.4 Å². The molecule has 134 valence electrons. The van der Waals surface area contributed by atoms with E-state index in [0.717, 1.165) is 11.8 Å². The highest BCUT2D eigenvalue weighted by Crippen LogP contribution is 2.24. The molecule has 2 aromatic rings. The number of methoxy groups -OCH3 is 1. The second-order valence-electron chi connectivity index (χ2n) is 5.62. The summed E-state index contributed by atoms with van der Waals surface area (Å²) >= 11 is 0. The lowest BCUT2D eigenvalue weighted by Gasteiger charge is -2.24. The van der Waals surface area contributed by atoms with Gasteiger partial charge in [0.2, 0.25) is 15.9 Å². The van der Waals surface area contributed by atoms with Crippen LogP contribution in [0, 0.1) is 6.92 Å². The summed E-state index contributed by atoms with van der Waals surface area (Å²) in [4.78, 5) is 12.2. The minimum Gasteiger partial charge on any atom is -0.495 e. The number of benzene rings is 2. The molecule has 0 aliphatic heterocycles. The maximum absolute atomic E-state index is 12.2. The number of rotatable bonds is 7. The highest BCUT2D eigenvalue weighted by molar-refractivity contribution is 7.92. The van der Waals surface area contributed by atoms with Crippen LogP contribution in [-0.4, -0.2) is 34.2 Å². The molecule has 0 atom stereocenters. The van der Waals surface area contributed by atoms with Crippen LogP contribution in [0.15, 0.2) is 48.5 Å². The van der Waals surface area contributed by atoms with Gasteiger partial charge in [0.05, 0.1) is 24.7 Å². The predicted octanol–water partition coefficient (Wildman–Crippen LogP) is 2.80.